The summed E-state index contributed by atoms with van der Waals surface area (Å²) < 4.78 is 7.14. The molecule has 2 atom stereocenters. The molecule has 3 rings (SSSR count). The number of ether oxygens (including phenoxy) is 1. The zero-order chi connectivity index (χ0) is 11.7. The minimum atomic E-state index is -0.611. The lowest BCUT2D eigenvalue weighted by Crippen LogP contribution is -2.28. The van der Waals surface area contributed by atoms with E-state index in [2.05, 4.69) is 10.3 Å². The van der Waals surface area contributed by atoms with E-state index in [1.54, 1.807) is 10.9 Å². The molecule has 0 aliphatic carbocycles. The van der Waals surface area contributed by atoms with Gasteiger partial charge in [0, 0.05) is 0 Å². The highest BCUT2D eigenvalue weighted by Crippen LogP contribution is 2.25. The van der Waals surface area contributed by atoms with Gasteiger partial charge in [-0.15, -0.1) is 5.10 Å². The highest BCUT2D eigenvalue weighted by atomic mass is 16.5. The van der Waals surface area contributed by atoms with Crippen molar-refractivity contribution in [3.63, 3.8) is 0 Å². The van der Waals surface area contributed by atoms with E-state index in [1.807, 2.05) is 30.3 Å². The molecule has 0 bridgehead atoms. The van der Waals surface area contributed by atoms with Crippen LogP contribution in [0.15, 0.2) is 36.5 Å². The van der Waals surface area contributed by atoms with Crippen molar-refractivity contribution in [2.75, 3.05) is 6.61 Å². The molecule has 1 N–H and O–H groups in total. The summed E-state index contributed by atoms with van der Waals surface area (Å²) in [5.41, 5.74) is 1.90. The lowest BCUT2D eigenvalue weighted by molar-refractivity contribution is 0.0237. The minimum Gasteiger partial charge on any atom is -0.388 e. The molecule has 5 nitrogen and oxygen atoms in total. The van der Waals surface area contributed by atoms with Crippen molar-refractivity contribution in [2.24, 2.45) is 0 Å². The number of aliphatic hydroxyl groups is 1. The molecule has 0 saturated heterocycles. The number of fused-ring (bicyclic) bond motifs is 1. The Kier molecular flexibility index (Phi) is 2.62. The Balaban J connectivity index is 2.08. The molecule has 0 spiro atoms. The fourth-order valence-corrected chi connectivity index (χ4v) is 2.15. The van der Waals surface area contributed by atoms with Crippen LogP contribution >= 0.6 is 0 Å². The normalized spacial score (nSPS) is 24.1. The maximum Gasteiger partial charge on any atom is 0.107 e. The lowest BCUT2D eigenvalue weighted by Gasteiger charge is -2.21. The molecule has 0 saturated carbocycles. The van der Waals surface area contributed by atoms with E-state index in [4.69, 9.17) is 4.74 Å². The molecule has 0 fully saturated rings. The second-order valence-corrected chi connectivity index (χ2v) is 4.11. The number of hydrogen-bond acceptors (Lipinski definition) is 4. The van der Waals surface area contributed by atoms with Crippen LogP contribution in [0.3, 0.4) is 0 Å². The second kappa shape index (κ2) is 4.27. The van der Waals surface area contributed by atoms with E-state index in [0.29, 0.717) is 13.2 Å². The van der Waals surface area contributed by atoms with Crippen LogP contribution in [0, 0.1) is 0 Å². The van der Waals surface area contributed by atoms with Crippen molar-refractivity contribution in [3.8, 4) is 0 Å². The van der Waals surface area contributed by atoms with Crippen LogP contribution in [-0.4, -0.2) is 32.8 Å². The maximum atomic E-state index is 10.2. The van der Waals surface area contributed by atoms with Crippen LogP contribution < -0.4 is 0 Å². The van der Waals surface area contributed by atoms with Crippen molar-refractivity contribution in [1.82, 2.24) is 15.0 Å². The van der Waals surface area contributed by atoms with Gasteiger partial charge in [0.2, 0.25) is 0 Å². The number of hydrogen-bond donors (Lipinski definition) is 1. The molecule has 88 valence electrons. The molecule has 2 aromatic rings. The van der Waals surface area contributed by atoms with Crippen LogP contribution in [0.25, 0.3) is 0 Å². The molecular weight excluding hydrogens is 218 g/mol. The zero-order valence-corrected chi connectivity index (χ0v) is 9.23. The predicted octanol–water partition coefficient (Wildman–Crippen LogP) is 0.759. The standard InChI is InChI=1S/C12H13N3O2/c16-11-8-17-7-10-6-13-14-15(10)12(11)9-4-2-1-3-5-9/h1-6,11-12,16H,7-8H2/t11-,12+/m0/s1. The maximum absolute atomic E-state index is 10.2. The fourth-order valence-electron chi connectivity index (χ4n) is 2.15. The van der Waals surface area contributed by atoms with Crippen LogP contribution in [-0.2, 0) is 11.3 Å². The second-order valence-electron chi connectivity index (χ2n) is 4.11. The minimum absolute atomic E-state index is 0.226. The van der Waals surface area contributed by atoms with Gasteiger partial charge < -0.3 is 9.84 Å². The van der Waals surface area contributed by atoms with Gasteiger partial charge in [0.05, 0.1) is 25.1 Å². The van der Waals surface area contributed by atoms with Crippen LogP contribution in [0.5, 0.6) is 0 Å². The average molecular weight is 231 g/mol. The average Bonchev–Trinajstić information content (AvgIpc) is 2.74. The number of rotatable bonds is 1. The third-order valence-corrected chi connectivity index (χ3v) is 2.96. The fraction of sp³-hybridized carbons (Fsp3) is 0.333. The first kappa shape index (κ1) is 10.4. The summed E-state index contributed by atoms with van der Waals surface area (Å²) in [7, 11) is 0. The molecule has 0 radical (unpaired) electrons. The quantitative estimate of drug-likeness (QED) is 0.787. The molecule has 5 heteroatoms. The summed E-state index contributed by atoms with van der Waals surface area (Å²) in [5, 5.41) is 18.1. The van der Waals surface area contributed by atoms with Crippen molar-refractivity contribution in [2.45, 2.75) is 18.8 Å². The molecule has 2 heterocycles. The Bertz CT molecular complexity index is 497. The number of aliphatic hydroxyl groups excluding tert-OH is 1. The van der Waals surface area contributed by atoms with Gasteiger partial charge in [-0.1, -0.05) is 35.5 Å². The van der Waals surface area contributed by atoms with E-state index in [1.165, 1.54) is 0 Å². The first-order valence-electron chi connectivity index (χ1n) is 5.56. The molecule has 1 aromatic carbocycles. The van der Waals surface area contributed by atoms with E-state index in [-0.39, 0.29) is 6.04 Å². The van der Waals surface area contributed by atoms with Gasteiger partial charge in [0.15, 0.2) is 0 Å². The highest BCUT2D eigenvalue weighted by Gasteiger charge is 2.28. The summed E-state index contributed by atoms with van der Waals surface area (Å²) in [6.07, 6.45) is 1.06. The summed E-state index contributed by atoms with van der Waals surface area (Å²) in [5.74, 6) is 0. The van der Waals surface area contributed by atoms with Crippen LogP contribution in [0.4, 0.5) is 0 Å². The van der Waals surface area contributed by atoms with E-state index in [0.717, 1.165) is 11.3 Å². The topological polar surface area (TPSA) is 60.2 Å². The monoisotopic (exact) mass is 231 g/mol. The predicted molar refractivity (Wildman–Crippen MR) is 60.3 cm³/mol. The number of aromatic nitrogens is 3. The summed E-state index contributed by atoms with van der Waals surface area (Å²) >= 11 is 0. The molecule has 0 amide bonds. The molecule has 1 aromatic heterocycles. The van der Waals surface area contributed by atoms with Gasteiger partial charge in [0.1, 0.15) is 12.1 Å². The largest absolute Gasteiger partial charge is 0.388 e. The van der Waals surface area contributed by atoms with Crippen LogP contribution in [0.1, 0.15) is 17.3 Å². The molecule has 1 aliphatic rings. The highest BCUT2D eigenvalue weighted by molar-refractivity contribution is 5.22. The lowest BCUT2D eigenvalue weighted by atomic mass is 10.0. The first-order valence-corrected chi connectivity index (χ1v) is 5.56. The number of nitrogens with zero attached hydrogens (tertiary/aromatic N) is 3. The van der Waals surface area contributed by atoms with Crippen molar-refractivity contribution in [1.29, 1.82) is 0 Å². The van der Waals surface area contributed by atoms with Crippen molar-refractivity contribution >= 4 is 0 Å². The van der Waals surface area contributed by atoms with Crippen molar-refractivity contribution in [3.05, 3.63) is 47.8 Å². The number of benzene rings is 1. The Hall–Kier alpha value is -1.72. The Morgan fingerprint density at radius 1 is 1.29 bits per heavy atom. The SMILES string of the molecule is O[C@H]1COCc2cnnn2[C@@H]1c1ccccc1. The van der Waals surface area contributed by atoms with Crippen molar-refractivity contribution < 1.29 is 9.84 Å². The van der Waals surface area contributed by atoms with E-state index in [9.17, 15) is 5.11 Å². The zero-order valence-electron chi connectivity index (χ0n) is 9.23. The Morgan fingerprint density at radius 2 is 2.12 bits per heavy atom. The summed E-state index contributed by atoms with van der Waals surface area (Å²) in [6.45, 7) is 0.746. The van der Waals surface area contributed by atoms with E-state index >= 15 is 0 Å². The third-order valence-electron chi connectivity index (χ3n) is 2.96. The molecule has 1 aliphatic heterocycles. The van der Waals surface area contributed by atoms with Crippen LogP contribution in [0.2, 0.25) is 0 Å². The van der Waals surface area contributed by atoms with Gasteiger partial charge in [-0.3, -0.25) is 0 Å². The smallest absolute Gasteiger partial charge is 0.107 e. The molecule has 0 unspecified atom stereocenters. The van der Waals surface area contributed by atoms with Gasteiger partial charge in [-0.2, -0.15) is 0 Å². The van der Waals surface area contributed by atoms with Gasteiger partial charge in [-0.05, 0) is 5.56 Å². The molecular formula is C12H13N3O2. The van der Waals surface area contributed by atoms with Gasteiger partial charge >= 0.3 is 0 Å². The van der Waals surface area contributed by atoms with Gasteiger partial charge in [0.25, 0.3) is 0 Å². The third kappa shape index (κ3) is 1.83. The molecule has 17 heavy (non-hydrogen) atoms. The Labute approximate surface area is 98.6 Å². The summed E-state index contributed by atoms with van der Waals surface area (Å²) in [6, 6.07) is 9.58. The van der Waals surface area contributed by atoms with E-state index < -0.39 is 6.10 Å². The first-order chi connectivity index (χ1) is 8.36. The Morgan fingerprint density at radius 3 is 2.94 bits per heavy atom. The van der Waals surface area contributed by atoms with Gasteiger partial charge in [-0.25, -0.2) is 4.68 Å². The summed E-state index contributed by atoms with van der Waals surface area (Å²) in [4.78, 5) is 0.